The normalized spacial score (nSPS) is 10.6. The van der Waals surface area contributed by atoms with Crippen molar-refractivity contribution in [1.29, 1.82) is 0 Å². The SMILES string of the molecule is CC(C)NC(=O)c1csc(NC(=O)c2c(F)cccc2F)n1. The number of benzene rings is 1. The van der Waals surface area contributed by atoms with Gasteiger partial charge in [-0.2, -0.15) is 0 Å². The van der Waals surface area contributed by atoms with E-state index in [0.29, 0.717) is 0 Å². The summed E-state index contributed by atoms with van der Waals surface area (Å²) in [5.41, 5.74) is -0.561. The third-order valence-corrected chi connectivity index (χ3v) is 3.32. The molecule has 0 fully saturated rings. The van der Waals surface area contributed by atoms with Gasteiger partial charge in [-0.3, -0.25) is 14.9 Å². The van der Waals surface area contributed by atoms with E-state index >= 15 is 0 Å². The monoisotopic (exact) mass is 325 g/mol. The number of halogens is 2. The van der Waals surface area contributed by atoms with Crippen LogP contribution < -0.4 is 10.6 Å². The maximum Gasteiger partial charge on any atom is 0.271 e. The first-order valence-electron chi connectivity index (χ1n) is 6.40. The fourth-order valence-electron chi connectivity index (χ4n) is 1.65. The molecule has 0 radical (unpaired) electrons. The lowest BCUT2D eigenvalue weighted by Gasteiger charge is -2.05. The highest BCUT2D eigenvalue weighted by atomic mass is 32.1. The third-order valence-electron chi connectivity index (χ3n) is 2.57. The number of aromatic nitrogens is 1. The Labute approximate surface area is 129 Å². The first-order chi connectivity index (χ1) is 10.4. The molecular formula is C14H13F2N3O2S. The highest BCUT2D eigenvalue weighted by Crippen LogP contribution is 2.19. The Kier molecular flexibility index (Phi) is 4.81. The molecule has 1 aromatic heterocycles. The molecule has 0 aliphatic heterocycles. The predicted molar refractivity (Wildman–Crippen MR) is 79.0 cm³/mol. The second-order valence-electron chi connectivity index (χ2n) is 4.72. The predicted octanol–water partition coefficient (Wildman–Crippen LogP) is 2.81. The minimum Gasteiger partial charge on any atom is -0.349 e. The van der Waals surface area contributed by atoms with Gasteiger partial charge in [0.25, 0.3) is 11.8 Å². The molecular weight excluding hydrogens is 312 g/mol. The minimum absolute atomic E-state index is 0.0558. The largest absolute Gasteiger partial charge is 0.349 e. The van der Waals surface area contributed by atoms with Crippen LogP contribution in [0.4, 0.5) is 13.9 Å². The number of nitrogens with zero attached hydrogens (tertiary/aromatic N) is 1. The van der Waals surface area contributed by atoms with E-state index in [-0.39, 0.29) is 22.8 Å². The molecule has 0 unspecified atom stereocenters. The fourth-order valence-corrected chi connectivity index (χ4v) is 2.33. The minimum atomic E-state index is -0.966. The van der Waals surface area contributed by atoms with Gasteiger partial charge in [-0.25, -0.2) is 13.8 Å². The standard InChI is InChI=1S/C14H13F2N3O2S/c1-7(2)17-12(20)10-6-22-14(18-10)19-13(21)11-8(15)4-3-5-9(11)16/h3-7H,1-2H3,(H,17,20)(H,18,19,21). The van der Waals surface area contributed by atoms with Gasteiger partial charge in [0.05, 0.1) is 0 Å². The first-order valence-corrected chi connectivity index (χ1v) is 7.28. The molecule has 22 heavy (non-hydrogen) atoms. The smallest absolute Gasteiger partial charge is 0.271 e. The molecule has 5 nitrogen and oxygen atoms in total. The van der Waals surface area contributed by atoms with Gasteiger partial charge in [-0.15, -0.1) is 11.3 Å². The van der Waals surface area contributed by atoms with Gasteiger partial charge in [-0.1, -0.05) is 6.07 Å². The summed E-state index contributed by atoms with van der Waals surface area (Å²) >= 11 is 0.991. The van der Waals surface area contributed by atoms with Crippen LogP contribution in [0.25, 0.3) is 0 Å². The fraction of sp³-hybridized carbons (Fsp3) is 0.214. The summed E-state index contributed by atoms with van der Waals surface area (Å²) in [4.78, 5) is 27.5. The summed E-state index contributed by atoms with van der Waals surface area (Å²) in [6.45, 7) is 3.60. The van der Waals surface area contributed by atoms with E-state index in [4.69, 9.17) is 0 Å². The topological polar surface area (TPSA) is 71.1 Å². The number of anilines is 1. The van der Waals surface area contributed by atoms with E-state index in [1.165, 1.54) is 11.4 Å². The summed E-state index contributed by atoms with van der Waals surface area (Å²) in [6, 6.07) is 3.08. The number of carbonyl (C=O) groups is 2. The van der Waals surface area contributed by atoms with Crippen molar-refractivity contribution in [2.75, 3.05) is 5.32 Å². The van der Waals surface area contributed by atoms with E-state index < -0.39 is 23.1 Å². The van der Waals surface area contributed by atoms with Crippen LogP contribution in [0, 0.1) is 11.6 Å². The zero-order valence-electron chi connectivity index (χ0n) is 11.8. The average Bonchev–Trinajstić information content (AvgIpc) is 2.86. The Hall–Kier alpha value is -2.35. The van der Waals surface area contributed by atoms with Gasteiger partial charge in [-0.05, 0) is 26.0 Å². The van der Waals surface area contributed by atoms with Gasteiger partial charge in [0.2, 0.25) is 0 Å². The van der Waals surface area contributed by atoms with Gasteiger partial charge in [0.15, 0.2) is 5.13 Å². The van der Waals surface area contributed by atoms with E-state index in [2.05, 4.69) is 15.6 Å². The summed E-state index contributed by atoms with van der Waals surface area (Å²) in [5.74, 6) is -3.27. The van der Waals surface area contributed by atoms with Crippen molar-refractivity contribution in [3.63, 3.8) is 0 Å². The Morgan fingerprint density at radius 2 is 1.82 bits per heavy atom. The van der Waals surface area contributed by atoms with Crippen LogP contribution in [0.5, 0.6) is 0 Å². The molecule has 8 heteroatoms. The Morgan fingerprint density at radius 1 is 1.18 bits per heavy atom. The summed E-state index contributed by atoms with van der Waals surface area (Å²) < 4.78 is 27.0. The molecule has 0 saturated carbocycles. The van der Waals surface area contributed by atoms with E-state index in [1.54, 1.807) is 13.8 Å². The van der Waals surface area contributed by atoms with Gasteiger partial charge in [0, 0.05) is 11.4 Å². The molecule has 0 aliphatic carbocycles. The second-order valence-corrected chi connectivity index (χ2v) is 5.57. The molecule has 0 aliphatic rings. The van der Waals surface area contributed by atoms with Crippen LogP contribution >= 0.6 is 11.3 Å². The molecule has 116 valence electrons. The van der Waals surface area contributed by atoms with Crippen LogP contribution in [0.1, 0.15) is 34.7 Å². The van der Waals surface area contributed by atoms with Crippen molar-refractivity contribution in [3.8, 4) is 0 Å². The second kappa shape index (κ2) is 6.61. The zero-order chi connectivity index (χ0) is 16.3. The number of nitrogens with one attached hydrogen (secondary N) is 2. The highest BCUT2D eigenvalue weighted by Gasteiger charge is 2.19. The van der Waals surface area contributed by atoms with Crippen LogP contribution in [-0.2, 0) is 0 Å². The average molecular weight is 325 g/mol. The molecule has 1 aromatic carbocycles. The Balaban J connectivity index is 2.13. The highest BCUT2D eigenvalue weighted by molar-refractivity contribution is 7.14. The van der Waals surface area contributed by atoms with Crippen LogP contribution in [0.3, 0.4) is 0 Å². The van der Waals surface area contributed by atoms with Crippen LogP contribution in [0.2, 0.25) is 0 Å². The zero-order valence-corrected chi connectivity index (χ0v) is 12.6. The van der Waals surface area contributed by atoms with Crippen LogP contribution in [0.15, 0.2) is 23.6 Å². The van der Waals surface area contributed by atoms with Crippen LogP contribution in [-0.4, -0.2) is 22.8 Å². The molecule has 0 spiro atoms. The molecule has 1 heterocycles. The van der Waals surface area contributed by atoms with Gasteiger partial charge >= 0.3 is 0 Å². The number of hydrogen-bond acceptors (Lipinski definition) is 4. The van der Waals surface area contributed by atoms with Crippen molar-refractivity contribution in [3.05, 3.63) is 46.5 Å². The molecule has 0 atom stereocenters. The third kappa shape index (κ3) is 3.64. The van der Waals surface area contributed by atoms with Crippen molar-refractivity contribution < 1.29 is 18.4 Å². The van der Waals surface area contributed by atoms with E-state index in [9.17, 15) is 18.4 Å². The number of amides is 2. The van der Waals surface area contributed by atoms with E-state index in [1.807, 2.05) is 0 Å². The lowest BCUT2D eigenvalue weighted by Crippen LogP contribution is -2.30. The summed E-state index contributed by atoms with van der Waals surface area (Å²) in [7, 11) is 0. The molecule has 2 amide bonds. The quantitative estimate of drug-likeness (QED) is 0.908. The summed E-state index contributed by atoms with van der Waals surface area (Å²) in [6.07, 6.45) is 0. The number of hydrogen-bond donors (Lipinski definition) is 2. The molecule has 2 rings (SSSR count). The number of thiazole rings is 1. The van der Waals surface area contributed by atoms with Crippen molar-refractivity contribution in [2.45, 2.75) is 19.9 Å². The number of rotatable bonds is 4. The van der Waals surface area contributed by atoms with Crippen molar-refractivity contribution >= 4 is 28.3 Å². The molecule has 0 bridgehead atoms. The van der Waals surface area contributed by atoms with Gasteiger partial charge in [0.1, 0.15) is 22.9 Å². The maximum absolute atomic E-state index is 13.5. The van der Waals surface area contributed by atoms with Gasteiger partial charge < -0.3 is 5.32 Å². The van der Waals surface area contributed by atoms with Crippen molar-refractivity contribution in [2.24, 2.45) is 0 Å². The maximum atomic E-state index is 13.5. The number of carbonyl (C=O) groups excluding carboxylic acids is 2. The van der Waals surface area contributed by atoms with Crippen molar-refractivity contribution in [1.82, 2.24) is 10.3 Å². The Bertz CT molecular complexity index is 696. The van der Waals surface area contributed by atoms with E-state index in [0.717, 1.165) is 23.5 Å². The first kappa shape index (κ1) is 16.0. The molecule has 2 N–H and O–H groups in total. The Morgan fingerprint density at radius 3 is 2.41 bits per heavy atom. The molecule has 2 aromatic rings. The lowest BCUT2D eigenvalue weighted by atomic mass is 10.2. The summed E-state index contributed by atoms with van der Waals surface area (Å²) in [5, 5.41) is 6.46. The lowest BCUT2D eigenvalue weighted by molar-refractivity contribution is 0.0937. The molecule has 0 saturated heterocycles.